The molecule has 0 radical (unpaired) electrons. The van der Waals surface area contributed by atoms with Crippen LogP contribution in [0.15, 0.2) is 18.5 Å². The van der Waals surface area contributed by atoms with Crippen molar-refractivity contribution in [3.05, 3.63) is 39.6 Å². The maximum Gasteiger partial charge on any atom is 0.157 e. The Morgan fingerprint density at radius 3 is 2.86 bits per heavy atom. The van der Waals surface area contributed by atoms with E-state index in [1.165, 1.54) is 10.4 Å². The quantitative estimate of drug-likeness (QED) is 0.787. The number of nitrogens with zero attached hydrogens (tertiary/aromatic N) is 4. The summed E-state index contributed by atoms with van der Waals surface area (Å²) < 4.78 is 1.82. The highest BCUT2D eigenvalue weighted by atomic mass is 32.1. The van der Waals surface area contributed by atoms with E-state index in [-0.39, 0.29) is 0 Å². The molecule has 0 aliphatic rings. The number of aromatic nitrogens is 4. The summed E-state index contributed by atoms with van der Waals surface area (Å²) in [6.45, 7) is 5.76. The second-order valence-electron chi connectivity index (χ2n) is 5.10. The van der Waals surface area contributed by atoms with Gasteiger partial charge in [0.1, 0.15) is 5.01 Å². The molecule has 0 aliphatic carbocycles. The van der Waals surface area contributed by atoms with Crippen LogP contribution in [0.1, 0.15) is 28.1 Å². The summed E-state index contributed by atoms with van der Waals surface area (Å²) in [5.41, 5.74) is 3.13. The fourth-order valence-electron chi connectivity index (χ4n) is 2.35. The molecule has 0 aliphatic heterocycles. The normalized spacial score (nSPS) is 11.4. The molecule has 3 rings (SSSR count). The molecule has 3 aromatic rings. The molecule has 0 atom stereocenters. The average Bonchev–Trinajstić information content (AvgIpc) is 3.05. The number of aryl methyl sites for hydroxylation is 3. The summed E-state index contributed by atoms with van der Waals surface area (Å²) in [7, 11) is 1.92. The van der Waals surface area contributed by atoms with Crippen LogP contribution in [-0.4, -0.2) is 19.7 Å². The smallest absolute Gasteiger partial charge is 0.157 e. The van der Waals surface area contributed by atoms with Gasteiger partial charge in [0.25, 0.3) is 0 Å². The van der Waals surface area contributed by atoms with Gasteiger partial charge in [0.15, 0.2) is 5.65 Å². The third-order valence-electron chi connectivity index (χ3n) is 3.47. The summed E-state index contributed by atoms with van der Waals surface area (Å²) in [6, 6.07) is 2.16. The van der Waals surface area contributed by atoms with Crippen LogP contribution < -0.4 is 5.32 Å². The largest absolute Gasteiger partial charge is 0.306 e. The molecule has 0 spiro atoms. The topological polar surface area (TPSA) is 55.6 Å². The lowest BCUT2D eigenvalue weighted by Gasteiger charge is -2.03. The van der Waals surface area contributed by atoms with Gasteiger partial charge in [-0.1, -0.05) is 6.92 Å². The first-order valence-electron chi connectivity index (χ1n) is 7.10. The molecule has 1 N–H and O–H groups in total. The molecular formula is C15H19N5S. The SMILES string of the molecule is CCc1cnc(CNCc2cnc3c(c2)c(C)nn3C)s1. The molecule has 110 valence electrons. The number of fused-ring (bicyclic) bond motifs is 1. The van der Waals surface area contributed by atoms with Gasteiger partial charge < -0.3 is 5.32 Å². The summed E-state index contributed by atoms with van der Waals surface area (Å²) in [5.74, 6) is 0. The number of hydrogen-bond donors (Lipinski definition) is 1. The van der Waals surface area contributed by atoms with Gasteiger partial charge in [-0.3, -0.25) is 4.68 Å². The van der Waals surface area contributed by atoms with Gasteiger partial charge in [-0.05, 0) is 25.0 Å². The van der Waals surface area contributed by atoms with Gasteiger partial charge in [0.2, 0.25) is 0 Å². The molecule has 21 heavy (non-hydrogen) atoms. The molecule has 0 bridgehead atoms. The number of nitrogens with one attached hydrogen (secondary N) is 1. The fourth-order valence-corrected chi connectivity index (χ4v) is 3.19. The molecule has 0 fully saturated rings. The molecule has 0 aromatic carbocycles. The van der Waals surface area contributed by atoms with E-state index in [1.54, 1.807) is 11.3 Å². The van der Waals surface area contributed by atoms with E-state index in [1.807, 2.05) is 31.0 Å². The lowest BCUT2D eigenvalue weighted by molar-refractivity contribution is 0.688. The van der Waals surface area contributed by atoms with Crippen molar-refractivity contribution in [3.63, 3.8) is 0 Å². The molecule has 3 aromatic heterocycles. The predicted molar refractivity (Wildman–Crippen MR) is 85.3 cm³/mol. The third-order valence-corrected chi connectivity index (χ3v) is 4.62. The molecule has 0 saturated heterocycles. The van der Waals surface area contributed by atoms with Crippen LogP contribution >= 0.6 is 11.3 Å². The summed E-state index contributed by atoms with van der Waals surface area (Å²) in [4.78, 5) is 10.2. The highest BCUT2D eigenvalue weighted by Crippen LogP contribution is 2.17. The Labute approximate surface area is 128 Å². The van der Waals surface area contributed by atoms with Gasteiger partial charge in [-0.25, -0.2) is 9.97 Å². The van der Waals surface area contributed by atoms with Crippen LogP contribution in [-0.2, 0) is 26.6 Å². The van der Waals surface area contributed by atoms with Crippen molar-refractivity contribution < 1.29 is 0 Å². The third kappa shape index (κ3) is 2.96. The number of pyridine rings is 1. The minimum Gasteiger partial charge on any atom is -0.306 e. The lowest BCUT2D eigenvalue weighted by atomic mass is 10.2. The van der Waals surface area contributed by atoms with Gasteiger partial charge in [0, 0.05) is 42.8 Å². The summed E-state index contributed by atoms with van der Waals surface area (Å²) in [5, 5.41) is 10.1. The van der Waals surface area contributed by atoms with E-state index in [4.69, 9.17) is 0 Å². The van der Waals surface area contributed by atoms with Crippen LogP contribution in [0.3, 0.4) is 0 Å². The zero-order chi connectivity index (χ0) is 14.8. The van der Waals surface area contributed by atoms with Crippen LogP contribution in [0, 0.1) is 6.92 Å². The Morgan fingerprint density at radius 1 is 1.24 bits per heavy atom. The van der Waals surface area contributed by atoms with Gasteiger partial charge in [0.05, 0.1) is 5.69 Å². The van der Waals surface area contributed by atoms with Crippen molar-refractivity contribution >= 4 is 22.4 Å². The first-order chi connectivity index (χ1) is 10.2. The van der Waals surface area contributed by atoms with Crippen LogP contribution in [0.4, 0.5) is 0 Å². The van der Waals surface area contributed by atoms with Crippen LogP contribution in [0.25, 0.3) is 11.0 Å². The van der Waals surface area contributed by atoms with Crippen molar-refractivity contribution in [3.8, 4) is 0 Å². The standard InChI is InChI=1S/C15H19N5S/c1-4-12-8-17-14(21-12)9-16-6-11-5-13-10(2)19-20(3)15(13)18-7-11/h5,7-8,16H,4,6,9H2,1-3H3. The monoisotopic (exact) mass is 301 g/mol. The Hall–Kier alpha value is -1.79. The second-order valence-corrected chi connectivity index (χ2v) is 6.30. The van der Waals surface area contributed by atoms with E-state index < -0.39 is 0 Å². The maximum absolute atomic E-state index is 4.49. The zero-order valence-electron chi connectivity index (χ0n) is 12.6. The first-order valence-corrected chi connectivity index (χ1v) is 7.91. The highest BCUT2D eigenvalue weighted by Gasteiger charge is 2.07. The lowest BCUT2D eigenvalue weighted by Crippen LogP contribution is -2.12. The molecule has 5 nitrogen and oxygen atoms in total. The molecule has 0 amide bonds. The number of thiazole rings is 1. The van der Waals surface area contributed by atoms with Gasteiger partial charge in [-0.15, -0.1) is 11.3 Å². The molecule has 0 unspecified atom stereocenters. The first kappa shape index (κ1) is 14.2. The Bertz CT molecular complexity index is 759. The second kappa shape index (κ2) is 5.91. The van der Waals surface area contributed by atoms with Crippen LogP contribution in [0.2, 0.25) is 0 Å². The van der Waals surface area contributed by atoms with E-state index >= 15 is 0 Å². The fraction of sp³-hybridized carbons (Fsp3) is 0.400. The molecular weight excluding hydrogens is 282 g/mol. The summed E-state index contributed by atoms with van der Waals surface area (Å²) >= 11 is 1.77. The zero-order valence-corrected chi connectivity index (χ0v) is 13.4. The van der Waals surface area contributed by atoms with Crippen molar-refractivity contribution in [2.75, 3.05) is 0 Å². The van der Waals surface area contributed by atoms with Crippen molar-refractivity contribution in [2.45, 2.75) is 33.4 Å². The van der Waals surface area contributed by atoms with Crippen molar-refractivity contribution in [2.24, 2.45) is 7.05 Å². The van der Waals surface area contributed by atoms with Crippen molar-refractivity contribution in [1.29, 1.82) is 0 Å². The molecule has 6 heteroatoms. The molecule has 0 saturated carbocycles. The van der Waals surface area contributed by atoms with E-state index in [9.17, 15) is 0 Å². The Balaban J connectivity index is 1.66. The minimum atomic E-state index is 0.790. The molecule has 3 heterocycles. The number of rotatable bonds is 5. The van der Waals surface area contributed by atoms with Crippen LogP contribution in [0.5, 0.6) is 0 Å². The number of hydrogen-bond acceptors (Lipinski definition) is 5. The van der Waals surface area contributed by atoms with Crippen molar-refractivity contribution in [1.82, 2.24) is 25.1 Å². The highest BCUT2D eigenvalue weighted by molar-refractivity contribution is 7.11. The summed E-state index contributed by atoms with van der Waals surface area (Å²) in [6.07, 6.45) is 4.93. The van der Waals surface area contributed by atoms with Gasteiger partial charge >= 0.3 is 0 Å². The van der Waals surface area contributed by atoms with E-state index in [0.717, 1.165) is 41.2 Å². The van der Waals surface area contributed by atoms with Gasteiger partial charge in [-0.2, -0.15) is 5.10 Å². The van der Waals surface area contributed by atoms with E-state index in [0.29, 0.717) is 0 Å². The van der Waals surface area contributed by atoms with E-state index in [2.05, 4.69) is 33.4 Å². The predicted octanol–water partition coefficient (Wildman–Crippen LogP) is 2.59. The minimum absolute atomic E-state index is 0.790. The average molecular weight is 301 g/mol. The maximum atomic E-state index is 4.49. The Morgan fingerprint density at radius 2 is 2.10 bits per heavy atom. The Kier molecular flexibility index (Phi) is 3.98.